The number of hydrogen-bond donors (Lipinski definition) is 1. The van der Waals surface area contributed by atoms with Crippen LogP contribution in [-0.4, -0.2) is 6.54 Å². The minimum atomic E-state index is 0. The maximum absolute atomic E-state index is 3.36. The van der Waals surface area contributed by atoms with Gasteiger partial charge in [0.05, 0.1) is 13.1 Å². The quantitative estimate of drug-likeness (QED) is 0.523. The molecule has 1 aromatic rings. The molecule has 0 radical (unpaired) electrons. The van der Waals surface area contributed by atoms with E-state index in [4.69, 9.17) is 0 Å². The third-order valence-corrected chi connectivity index (χ3v) is 2.89. The van der Waals surface area contributed by atoms with Crippen LogP contribution in [0.1, 0.15) is 12.1 Å². The third-order valence-electron chi connectivity index (χ3n) is 1.85. The van der Waals surface area contributed by atoms with E-state index >= 15 is 0 Å². The molecule has 4 heteroatoms. The molecule has 0 aromatic carbocycles. The number of nitrogens with zero attached hydrogens (tertiary/aromatic N) is 1. The second-order valence-electron chi connectivity index (χ2n) is 2.61. The van der Waals surface area contributed by atoms with Gasteiger partial charge in [-0.3, -0.25) is 5.32 Å². The van der Waals surface area contributed by atoms with Crippen LogP contribution in [0, 0.1) is 6.92 Å². The first-order chi connectivity index (χ1) is 4.88. The Labute approximate surface area is 81.0 Å². The fraction of sp³-hybridized carbons (Fsp3) is 0.571. The van der Waals surface area contributed by atoms with Gasteiger partial charge in [0.1, 0.15) is 5.69 Å². The molecule has 1 aliphatic rings. The van der Waals surface area contributed by atoms with Crippen molar-refractivity contribution in [3.63, 3.8) is 0 Å². The van der Waals surface area contributed by atoms with Gasteiger partial charge in [-0.1, -0.05) is 11.3 Å². The number of halogens is 1. The van der Waals surface area contributed by atoms with Gasteiger partial charge in [0.15, 0.2) is 0 Å². The molecule has 0 saturated carbocycles. The Morgan fingerprint density at radius 1 is 1.64 bits per heavy atom. The highest BCUT2D eigenvalue weighted by Gasteiger charge is 2.17. The lowest BCUT2D eigenvalue weighted by molar-refractivity contribution is -0.688. The second kappa shape index (κ2) is 3.54. The van der Waals surface area contributed by atoms with Gasteiger partial charge < -0.3 is 17.0 Å². The zero-order chi connectivity index (χ0) is 6.97. The molecule has 0 fully saturated rings. The minimum absolute atomic E-state index is 0. The SMILES string of the molecule is Cc1csc2[n+]1CCCN2.[Br-]. The summed E-state index contributed by atoms with van der Waals surface area (Å²) in [6, 6.07) is 0. The molecule has 0 bridgehead atoms. The van der Waals surface area contributed by atoms with Crippen LogP contribution in [-0.2, 0) is 6.54 Å². The molecule has 62 valence electrons. The highest BCUT2D eigenvalue weighted by atomic mass is 79.9. The fourth-order valence-electron chi connectivity index (χ4n) is 1.28. The Morgan fingerprint density at radius 2 is 2.45 bits per heavy atom. The Balaban J connectivity index is 0.000000605. The van der Waals surface area contributed by atoms with E-state index in [9.17, 15) is 0 Å². The number of fused-ring (bicyclic) bond motifs is 1. The molecule has 2 rings (SSSR count). The predicted octanol–water partition coefficient (Wildman–Crippen LogP) is -1.84. The summed E-state index contributed by atoms with van der Waals surface area (Å²) in [4.78, 5) is 0. The normalized spacial score (nSPS) is 14.6. The van der Waals surface area contributed by atoms with E-state index < -0.39 is 0 Å². The molecular weight excluding hydrogens is 224 g/mol. The molecule has 1 aliphatic heterocycles. The van der Waals surface area contributed by atoms with Gasteiger partial charge >= 0.3 is 5.13 Å². The van der Waals surface area contributed by atoms with Crippen LogP contribution in [0.15, 0.2) is 5.38 Å². The maximum Gasteiger partial charge on any atom is 0.333 e. The van der Waals surface area contributed by atoms with Crippen molar-refractivity contribution in [3.05, 3.63) is 11.1 Å². The number of aromatic nitrogens is 1. The topological polar surface area (TPSA) is 15.9 Å². The lowest BCUT2D eigenvalue weighted by Gasteiger charge is -2.07. The highest BCUT2D eigenvalue weighted by Crippen LogP contribution is 2.15. The average molecular weight is 235 g/mol. The molecule has 0 unspecified atom stereocenters. The van der Waals surface area contributed by atoms with Gasteiger partial charge in [0.25, 0.3) is 0 Å². The third kappa shape index (κ3) is 1.56. The van der Waals surface area contributed by atoms with Crippen LogP contribution in [0.25, 0.3) is 0 Å². The van der Waals surface area contributed by atoms with Crippen molar-refractivity contribution in [1.29, 1.82) is 0 Å². The first-order valence-electron chi connectivity index (χ1n) is 3.60. The molecule has 2 nitrogen and oxygen atoms in total. The number of thiazole rings is 1. The summed E-state index contributed by atoms with van der Waals surface area (Å²) in [6.45, 7) is 4.49. The van der Waals surface area contributed by atoms with Gasteiger partial charge in [-0.25, -0.2) is 4.57 Å². The van der Waals surface area contributed by atoms with E-state index in [1.54, 1.807) is 11.3 Å². The van der Waals surface area contributed by atoms with Crippen molar-refractivity contribution in [2.24, 2.45) is 0 Å². The highest BCUT2D eigenvalue weighted by molar-refractivity contribution is 7.13. The van der Waals surface area contributed by atoms with E-state index in [-0.39, 0.29) is 17.0 Å². The lowest BCUT2D eigenvalue weighted by Crippen LogP contribution is -3.00. The van der Waals surface area contributed by atoms with E-state index in [1.807, 2.05) is 0 Å². The first-order valence-corrected chi connectivity index (χ1v) is 4.48. The van der Waals surface area contributed by atoms with E-state index in [0.717, 1.165) is 6.54 Å². The Kier molecular flexibility index (Phi) is 2.90. The molecule has 0 amide bonds. The molecule has 0 saturated heterocycles. The summed E-state index contributed by atoms with van der Waals surface area (Å²) < 4.78 is 2.34. The summed E-state index contributed by atoms with van der Waals surface area (Å²) in [5.74, 6) is 0. The summed E-state index contributed by atoms with van der Waals surface area (Å²) in [6.07, 6.45) is 1.26. The predicted molar refractivity (Wildman–Crippen MR) is 42.4 cm³/mol. The van der Waals surface area contributed by atoms with Gasteiger partial charge in [0.2, 0.25) is 0 Å². The van der Waals surface area contributed by atoms with Crippen LogP contribution in [0.5, 0.6) is 0 Å². The maximum atomic E-state index is 3.36. The van der Waals surface area contributed by atoms with Crippen LogP contribution < -0.4 is 26.9 Å². The molecule has 1 N–H and O–H groups in total. The number of aryl methyl sites for hydroxylation is 1. The standard InChI is InChI=1S/C7H10N2S.BrH/c1-6-5-10-7-8-3-2-4-9(6)7;/h5H,2-4H2,1H3;1H. The van der Waals surface area contributed by atoms with Crippen LogP contribution in [0.4, 0.5) is 5.13 Å². The Hall–Kier alpha value is -0.0900. The van der Waals surface area contributed by atoms with Crippen LogP contribution in [0.3, 0.4) is 0 Å². The van der Waals surface area contributed by atoms with Crippen molar-refractivity contribution < 1.29 is 21.5 Å². The number of hydrogen-bond acceptors (Lipinski definition) is 2. The molecule has 1 aromatic heterocycles. The molecule has 2 heterocycles. The zero-order valence-electron chi connectivity index (χ0n) is 6.43. The monoisotopic (exact) mass is 234 g/mol. The average Bonchev–Trinajstić information content (AvgIpc) is 2.34. The van der Waals surface area contributed by atoms with Gasteiger partial charge in [0, 0.05) is 11.8 Å². The summed E-state index contributed by atoms with van der Waals surface area (Å²) in [5, 5.41) is 6.89. The fourth-order valence-corrected chi connectivity index (χ4v) is 2.23. The molecule has 0 atom stereocenters. The van der Waals surface area contributed by atoms with Crippen LogP contribution in [0.2, 0.25) is 0 Å². The lowest BCUT2D eigenvalue weighted by atomic mass is 10.3. The molecule has 0 spiro atoms. The number of rotatable bonds is 0. The molecule has 0 aliphatic carbocycles. The summed E-state index contributed by atoms with van der Waals surface area (Å²) in [5.41, 5.74) is 1.38. The van der Waals surface area contributed by atoms with Crippen molar-refractivity contribution in [3.8, 4) is 0 Å². The largest absolute Gasteiger partial charge is 1.00 e. The molecule has 11 heavy (non-hydrogen) atoms. The van der Waals surface area contributed by atoms with Crippen molar-refractivity contribution in [2.75, 3.05) is 11.9 Å². The molecular formula is C7H11BrN2S. The second-order valence-corrected chi connectivity index (χ2v) is 3.47. The zero-order valence-corrected chi connectivity index (χ0v) is 8.83. The van der Waals surface area contributed by atoms with Gasteiger partial charge in [-0.2, -0.15) is 0 Å². The van der Waals surface area contributed by atoms with Crippen molar-refractivity contribution >= 4 is 16.5 Å². The minimum Gasteiger partial charge on any atom is -1.00 e. The summed E-state index contributed by atoms with van der Waals surface area (Å²) >= 11 is 1.80. The van der Waals surface area contributed by atoms with E-state index in [0.29, 0.717) is 0 Å². The van der Waals surface area contributed by atoms with E-state index in [1.165, 1.54) is 23.8 Å². The van der Waals surface area contributed by atoms with Gasteiger partial charge in [-0.15, -0.1) is 0 Å². The van der Waals surface area contributed by atoms with Crippen molar-refractivity contribution in [1.82, 2.24) is 0 Å². The number of anilines is 1. The Bertz CT molecular complexity index is 247. The Morgan fingerprint density at radius 3 is 3.18 bits per heavy atom. The smallest absolute Gasteiger partial charge is 0.333 e. The first kappa shape index (κ1) is 9.00. The number of nitrogens with one attached hydrogen (secondary N) is 1. The van der Waals surface area contributed by atoms with Gasteiger partial charge in [-0.05, 0) is 6.92 Å². The van der Waals surface area contributed by atoms with Crippen LogP contribution >= 0.6 is 11.3 Å². The van der Waals surface area contributed by atoms with E-state index in [2.05, 4.69) is 22.2 Å². The van der Waals surface area contributed by atoms with Crippen molar-refractivity contribution in [2.45, 2.75) is 19.9 Å². The summed E-state index contributed by atoms with van der Waals surface area (Å²) in [7, 11) is 0.